The number of nitrogens with one attached hydrogen (secondary N) is 2. The fourth-order valence-corrected chi connectivity index (χ4v) is 4.01. The van der Waals surface area contributed by atoms with E-state index >= 15 is 0 Å². The number of hydrogen-bond acceptors (Lipinski definition) is 7. The average Bonchev–Trinajstić information content (AvgIpc) is 2.73. The molecule has 1 aromatic carbocycles. The number of esters is 1. The van der Waals surface area contributed by atoms with Gasteiger partial charge in [-0.25, -0.2) is 18.0 Å². The molecule has 166 valence electrons. The van der Waals surface area contributed by atoms with Crippen LogP contribution < -0.4 is 10.6 Å². The molecule has 1 aliphatic carbocycles. The zero-order valence-electron chi connectivity index (χ0n) is 17.2. The topological polar surface area (TPSA) is 131 Å². The van der Waals surface area contributed by atoms with Crippen molar-refractivity contribution >= 4 is 27.9 Å². The van der Waals surface area contributed by atoms with Crippen LogP contribution in [0.2, 0.25) is 0 Å². The minimum atomic E-state index is -3.95. The number of amides is 3. The second kappa shape index (κ2) is 10.5. The van der Waals surface area contributed by atoms with Crippen molar-refractivity contribution in [3.05, 3.63) is 29.8 Å². The van der Waals surface area contributed by atoms with Crippen LogP contribution in [0.5, 0.6) is 0 Å². The molecule has 1 atom stereocenters. The first-order chi connectivity index (χ1) is 14.1. The number of carbonyl (C=O) groups is 3. The van der Waals surface area contributed by atoms with Gasteiger partial charge in [-0.2, -0.15) is 0 Å². The van der Waals surface area contributed by atoms with Gasteiger partial charge in [0.15, 0.2) is 6.10 Å². The summed E-state index contributed by atoms with van der Waals surface area (Å²) in [5.41, 5.74) is -0.0631. The van der Waals surface area contributed by atoms with E-state index in [1.807, 2.05) is 0 Å². The average molecular weight is 442 g/mol. The van der Waals surface area contributed by atoms with E-state index in [9.17, 15) is 22.8 Å². The van der Waals surface area contributed by atoms with Crippen molar-refractivity contribution < 1.29 is 32.4 Å². The molecule has 1 aromatic rings. The first kappa shape index (κ1) is 23.8. The molecule has 1 saturated carbocycles. The summed E-state index contributed by atoms with van der Waals surface area (Å²) < 4.78 is 30.3. The third kappa shape index (κ3) is 6.25. The van der Waals surface area contributed by atoms with E-state index in [1.54, 1.807) is 0 Å². The molecule has 0 radical (unpaired) electrons. The van der Waals surface area contributed by atoms with Gasteiger partial charge in [0.25, 0.3) is 15.9 Å². The molecule has 1 aliphatic rings. The number of hydroxylamine groups is 1. The van der Waals surface area contributed by atoms with Crippen LogP contribution in [-0.4, -0.2) is 57.1 Å². The molecule has 2 N–H and O–H groups in total. The van der Waals surface area contributed by atoms with Crippen molar-refractivity contribution in [3.8, 4) is 0 Å². The fraction of sp³-hybridized carbons (Fsp3) is 0.526. The second-order valence-electron chi connectivity index (χ2n) is 6.97. The Kier molecular flexibility index (Phi) is 8.33. The van der Waals surface area contributed by atoms with E-state index in [1.165, 1.54) is 39.3 Å². The Morgan fingerprint density at radius 1 is 1.17 bits per heavy atom. The predicted molar refractivity (Wildman–Crippen MR) is 107 cm³/mol. The van der Waals surface area contributed by atoms with Crippen molar-refractivity contribution in [1.82, 2.24) is 15.1 Å². The van der Waals surface area contributed by atoms with Crippen LogP contribution in [0.3, 0.4) is 0 Å². The molecule has 0 bridgehead atoms. The van der Waals surface area contributed by atoms with E-state index in [-0.39, 0.29) is 16.5 Å². The smallest absolute Gasteiger partial charge is 0.338 e. The summed E-state index contributed by atoms with van der Waals surface area (Å²) in [5, 5.41) is 4.89. The number of rotatable bonds is 7. The summed E-state index contributed by atoms with van der Waals surface area (Å²) in [4.78, 5) is 41.0. The van der Waals surface area contributed by atoms with E-state index in [4.69, 9.17) is 9.57 Å². The highest BCUT2D eigenvalue weighted by atomic mass is 32.2. The first-order valence-electron chi connectivity index (χ1n) is 9.60. The molecule has 0 saturated heterocycles. The summed E-state index contributed by atoms with van der Waals surface area (Å²) in [6.45, 7) is 1.32. The van der Waals surface area contributed by atoms with Crippen molar-refractivity contribution in [2.75, 3.05) is 14.2 Å². The Morgan fingerprint density at radius 3 is 2.47 bits per heavy atom. The Hall–Kier alpha value is -2.50. The maximum Gasteiger partial charge on any atom is 0.338 e. The van der Waals surface area contributed by atoms with Gasteiger partial charge < -0.3 is 10.1 Å². The molecule has 3 amide bonds. The van der Waals surface area contributed by atoms with Gasteiger partial charge in [-0.3, -0.25) is 14.9 Å². The number of benzene rings is 1. The van der Waals surface area contributed by atoms with Crippen molar-refractivity contribution in [3.63, 3.8) is 0 Å². The highest BCUT2D eigenvalue weighted by molar-refractivity contribution is 7.89. The molecule has 0 aromatic heterocycles. The van der Waals surface area contributed by atoms with Crippen LogP contribution in [-0.2, 0) is 24.4 Å². The summed E-state index contributed by atoms with van der Waals surface area (Å²) in [7, 11) is -1.54. The van der Waals surface area contributed by atoms with Crippen LogP contribution in [0.15, 0.2) is 29.2 Å². The van der Waals surface area contributed by atoms with Crippen LogP contribution in [0.1, 0.15) is 49.4 Å². The number of imide groups is 1. The van der Waals surface area contributed by atoms with Crippen LogP contribution in [0.4, 0.5) is 4.79 Å². The van der Waals surface area contributed by atoms with Gasteiger partial charge in [-0.1, -0.05) is 29.8 Å². The molecule has 0 spiro atoms. The van der Waals surface area contributed by atoms with E-state index in [0.29, 0.717) is 4.47 Å². The number of sulfonamides is 1. The lowest BCUT2D eigenvalue weighted by Gasteiger charge is -2.23. The molecular formula is C19H27N3O7S. The van der Waals surface area contributed by atoms with Crippen molar-refractivity contribution in [1.29, 1.82) is 0 Å². The Balaban J connectivity index is 1.95. The van der Waals surface area contributed by atoms with Crippen molar-refractivity contribution in [2.24, 2.45) is 0 Å². The van der Waals surface area contributed by atoms with Gasteiger partial charge in [0.2, 0.25) is 0 Å². The highest BCUT2D eigenvalue weighted by Gasteiger charge is 2.25. The quantitative estimate of drug-likeness (QED) is 0.485. The molecule has 0 heterocycles. The third-order valence-electron chi connectivity index (χ3n) is 4.79. The summed E-state index contributed by atoms with van der Waals surface area (Å²) >= 11 is 0. The van der Waals surface area contributed by atoms with Gasteiger partial charge >= 0.3 is 12.0 Å². The number of hydrogen-bond donors (Lipinski definition) is 2. The molecule has 30 heavy (non-hydrogen) atoms. The Morgan fingerprint density at radius 2 is 1.83 bits per heavy atom. The lowest BCUT2D eigenvalue weighted by molar-refractivity contribution is -0.127. The maximum absolute atomic E-state index is 12.3. The molecule has 2 rings (SSSR count). The van der Waals surface area contributed by atoms with Crippen LogP contribution >= 0.6 is 0 Å². The van der Waals surface area contributed by atoms with Gasteiger partial charge in [0.1, 0.15) is 0 Å². The van der Waals surface area contributed by atoms with Gasteiger partial charge in [-0.15, -0.1) is 0 Å². The second-order valence-corrected chi connectivity index (χ2v) is 8.91. The van der Waals surface area contributed by atoms with Gasteiger partial charge in [0.05, 0.1) is 17.6 Å². The third-order valence-corrected chi connectivity index (χ3v) is 6.47. The lowest BCUT2D eigenvalue weighted by atomic mass is 9.96. The number of ether oxygens (including phenoxy) is 1. The standard InChI is InChI=1S/C19H27N3O7S/c1-13(17(23)21-19(25)20-15-9-5-4-6-10-15)29-18(24)14-8-7-11-16(12-14)30(26,27)22(2)28-3/h7-8,11-13,15H,4-6,9-10H2,1-3H3,(H2,20,21,23,25). The molecular weight excluding hydrogens is 414 g/mol. The summed E-state index contributed by atoms with van der Waals surface area (Å²) in [6.07, 6.45) is 3.67. The maximum atomic E-state index is 12.3. The lowest BCUT2D eigenvalue weighted by Crippen LogP contribution is -2.48. The fourth-order valence-electron chi connectivity index (χ4n) is 2.99. The van der Waals surface area contributed by atoms with Crippen LogP contribution in [0, 0.1) is 0 Å². The van der Waals surface area contributed by atoms with E-state index < -0.39 is 34.0 Å². The SMILES string of the molecule is CON(C)S(=O)(=O)c1cccc(C(=O)OC(C)C(=O)NC(=O)NC2CCCCC2)c1. The van der Waals surface area contributed by atoms with Crippen LogP contribution in [0.25, 0.3) is 0 Å². The molecule has 11 heteroatoms. The van der Waals surface area contributed by atoms with Crippen molar-refractivity contribution in [2.45, 2.75) is 56.1 Å². The van der Waals surface area contributed by atoms with E-state index in [0.717, 1.165) is 38.2 Å². The largest absolute Gasteiger partial charge is 0.449 e. The van der Waals surface area contributed by atoms with E-state index in [2.05, 4.69) is 10.6 Å². The van der Waals surface area contributed by atoms with Gasteiger partial charge in [-0.05, 0) is 38.0 Å². The Bertz CT molecular complexity index is 882. The number of urea groups is 1. The first-order valence-corrected chi connectivity index (χ1v) is 11.0. The van der Waals surface area contributed by atoms with Gasteiger partial charge in [0, 0.05) is 13.1 Å². The molecule has 10 nitrogen and oxygen atoms in total. The molecule has 1 unspecified atom stereocenters. The summed E-state index contributed by atoms with van der Waals surface area (Å²) in [5.74, 6) is -1.68. The molecule has 1 fully saturated rings. The monoisotopic (exact) mass is 441 g/mol. The summed E-state index contributed by atoms with van der Waals surface area (Å²) in [6, 6.07) is 4.54. The zero-order chi connectivity index (χ0) is 22.3. The normalized spacial score (nSPS) is 16.0. The zero-order valence-corrected chi connectivity index (χ0v) is 18.0. The minimum absolute atomic E-state index is 0.0272. The molecule has 0 aliphatic heterocycles. The predicted octanol–water partition coefficient (Wildman–Crippen LogP) is 1.57. The minimum Gasteiger partial charge on any atom is -0.449 e. The highest BCUT2D eigenvalue weighted by Crippen LogP contribution is 2.18. The number of carbonyl (C=O) groups excluding carboxylic acids is 3. The Labute approximate surface area is 175 Å². The number of nitrogens with zero attached hydrogens (tertiary/aromatic N) is 1.